The lowest BCUT2D eigenvalue weighted by Crippen LogP contribution is -2.38. The topological polar surface area (TPSA) is 46.3 Å². The molecule has 0 heterocycles. The van der Waals surface area contributed by atoms with E-state index in [1.54, 1.807) is 0 Å². The summed E-state index contributed by atoms with van der Waals surface area (Å²) in [5, 5.41) is 1.35. The first-order chi connectivity index (χ1) is 7.59. The highest BCUT2D eigenvalue weighted by atomic mass is 16.2. The zero-order chi connectivity index (χ0) is 12.0. The van der Waals surface area contributed by atoms with Crippen LogP contribution < -0.4 is 5.84 Å². The van der Waals surface area contributed by atoms with E-state index in [1.807, 2.05) is 13.8 Å². The molecule has 0 bridgehead atoms. The van der Waals surface area contributed by atoms with Crippen LogP contribution in [0.25, 0.3) is 0 Å². The van der Waals surface area contributed by atoms with Gasteiger partial charge in [-0.3, -0.25) is 9.80 Å². The number of nitrogens with two attached hydrogens (primary N) is 1. The summed E-state index contributed by atoms with van der Waals surface area (Å²) in [6.45, 7) is 4.66. The van der Waals surface area contributed by atoms with Gasteiger partial charge in [0.05, 0.1) is 0 Å². The molecular formula is C13H22N2O. The van der Waals surface area contributed by atoms with Gasteiger partial charge in [-0.05, 0) is 25.2 Å². The van der Waals surface area contributed by atoms with Crippen molar-refractivity contribution >= 4 is 5.91 Å². The molecule has 0 aromatic heterocycles. The van der Waals surface area contributed by atoms with E-state index in [-0.39, 0.29) is 5.91 Å². The van der Waals surface area contributed by atoms with Gasteiger partial charge in [-0.25, -0.2) is 5.84 Å². The zero-order valence-electron chi connectivity index (χ0n) is 10.3. The van der Waals surface area contributed by atoms with Gasteiger partial charge in [-0.15, -0.1) is 0 Å². The van der Waals surface area contributed by atoms with Crippen LogP contribution in [0.1, 0.15) is 39.5 Å². The molecule has 3 nitrogen and oxygen atoms in total. The number of allylic oxidation sites excluding steroid dienone is 3. The van der Waals surface area contributed by atoms with Gasteiger partial charge in [0.2, 0.25) is 5.91 Å². The maximum absolute atomic E-state index is 11.6. The second-order valence-corrected chi connectivity index (χ2v) is 4.69. The number of hydrogen-bond acceptors (Lipinski definition) is 2. The highest BCUT2D eigenvalue weighted by Crippen LogP contribution is 2.13. The van der Waals surface area contributed by atoms with Crippen LogP contribution in [0.2, 0.25) is 0 Å². The Hall–Kier alpha value is -1.09. The largest absolute Gasteiger partial charge is 0.280 e. The minimum atomic E-state index is 0.0374. The quantitative estimate of drug-likeness (QED) is 0.441. The third kappa shape index (κ3) is 4.62. The van der Waals surface area contributed by atoms with E-state index in [1.165, 1.54) is 10.6 Å². The number of carbonyl (C=O) groups excluding carboxylic acids is 1. The maximum Gasteiger partial charge on any atom is 0.236 e. The summed E-state index contributed by atoms with van der Waals surface area (Å²) in [6, 6.07) is 0. The van der Waals surface area contributed by atoms with E-state index in [4.69, 9.17) is 5.84 Å². The van der Waals surface area contributed by atoms with Crippen molar-refractivity contribution in [2.75, 3.05) is 6.54 Å². The lowest BCUT2D eigenvalue weighted by molar-refractivity contribution is -0.132. The van der Waals surface area contributed by atoms with Gasteiger partial charge < -0.3 is 0 Å². The Labute approximate surface area is 98.0 Å². The maximum atomic E-state index is 11.6. The Kier molecular flexibility index (Phi) is 5.26. The highest BCUT2D eigenvalue weighted by molar-refractivity contribution is 5.75. The number of carbonyl (C=O) groups is 1. The summed E-state index contributed by atoms with van der Waals surface area (Å²) in [7, 11) is 0. The summed E-state index contributed by atoms with van der Waals surface area (Å²) in [4.78, 5) is 11.6. The van der Waals surface area contributed by atoms with Gasteiger partial charge in [0, 0.05) is 13.0 Å². The average Bonchev–Trinajstić information content (AvgIpc) is 2.26. The van der Waals surface area contributed by atoms with Crippen molar-refractivity contribution in [1.29, 1.82) is 0 Å². The molecule has 16 heavy (non-hydrogen) atoms. The van der Waals surface area contributed by atoms with Crippen LogP contribution >= 0.6 is 0 Å². The Morgan fingerprint density at radius 1 is 1.50 bits per heavy atom. The summed E-state index contributed by atoms with van der Waals surface area (Å²) < 4.78 is 0. The first kappa shape index (κ1) is 13.0. The molecule has 0 aromatic rings. The Morgan fingerprint density at radius 2 is 2.25 bits per heavy atom. The fourth-order valence-corrected chi connectivity index (χ4v) is 1.69. The second kappa shape index (κ2) is 6.48. The smallest absolute Gasteiger partial charge is 0.236 e. The molecule has 0 aromatic carbocycles. The zero-order valence-corrected chi connectivity index (χ0v) is 10.3. The van der Waals surface area contributed by atoms with Crippen molar-refractivity contribution in [2.45, 2.75) is 39.5 Å². The van der Waals surface area contributed by atoms with Gasteiger partial charge in [-0.1, -0.05) is 37.6 Å². The number of hydrazine groups is 1. The fourth-order valence-electron chi connectivity index (χ4n) is 1.69. The lowest BCUT2D eigenvalue weighted by Gasteiger charge is -2.18. The van der Waals surface area contributed by atoms with E-state index in [2.05, 4.69) is 18.2 Å². The second-order valence-electron chi connectivity index (χ2n) is 4.69. The summed E-state index contributed by atoms with van der Waals surface area (Å²) in [6.07, 6.45) is 10.2. The molecule has 90 valence electrons. The van der Waals surface area contributed by atoms with Crippen LogP contribution in [-0.4, -0.2) is 17.5 Å². The third-order valence-electron chi connectivity index (χ3n) is 2.62. The monoisotopic (exact) mass is 222 g/mol. The summed E-state index contributed by atoms with van der Waals surface area (Å²) in [5.74, 6) is 6.12. The first-order valence-corrected chi connectivity index (χ1v) is 6.00. The average molecular weight is 222 g/mol. The SMILES string of the molecule is CC(C)CC(=O)N(N)CCC1=CCCC=C1. The predicted molar refractivity (Wildman–Crippen MR) is 66.4 cm³/mol. The molecule has 1 aliphatic carbocycles. The van der Waals surface area contributed by atoms with Crippen LogP contribution in [0.3, 0.4) is 0 Å². The summed E-state index contributed by atoms with van der Waals surface area (Å²) >= 11 is 0. The predicted octanol–water partition coefficient (Wildman–Crippen LogP) is 2.40. The Bertz CT molecular complexity index is 292. The Morgan fingerprint density at radius 3 is 2.81 bits per heavy atom. The van der Waals surface area contributed by atoms with E-state index in [0.29, 0.717) is 18.9 Å². The Balaban J connectivity index is 2.29. The van der Waals surface area contributed by atoms with E-state index in [9.17, 15) is 4.79 Å². The number of rotatable bonds is 5. The first-order valence-electron chi connectivity index (χ1n) is 6.00. The molecule has 3 heteroatoms. The van der Waals surface area contributed by atoms with Crippen LogP contribution in [0.15, 0.2) is 23.8 Å². The molecule has 0 fully saturated rings. The fraction of sp³-hybridized carbons (Fsp3) is 0.615. The molecule has 0 atom stereocenters. The van der Waals surface area contributed by atoms with Crippen LogP contribution in [0.4, 0.5) is 0 Å². The number of nitrogens with zero attached hydrogens (tertiary/aromatic N) is 1. The molecule has 1 amide bonds. The molecule has 0 spiro atoms. The molecule has 0 radical (unpaired) electrons. The third-order valence-corrected chi connectivity index (χ3v) is 2.62. The summed E-state index contributed by atoms with van der Waals surface area (Å²) in [5.41, 5.74) is 1.29. The lowest BCUT2D eigenvalue weighted by atomic mass is 10.0. The molecule has 0 aliphatic heterocycles. The molecule has 1 aliphatic rings. The number of amides is 1. The van der Waals surface area contributed by atoms with Gasteiger partial charge in [-0.2, -0.15) is 0 Å². The molecular weight excluding hydrogens is 200 g/mol. The molecule has 2 N–H and O–H groups in total. The van der Waals surface area contributed by atoms with Gasteiger partial charge in [0.25, 0.3) is 0 Å². The van der Waals surface area contributed by atoms with Crippen molar-refractivity contribution in [3.05, 3.63) is 23.8 Å². The molecule has 0 unspecified atom stereocenters. The molecule has 1 rings (SSSR count). The standard InChI is InChI=1S/C13H22N2O/c1-11(2)10-13(16)15(14)9-8-12-6-4-3-5-7-12/h4,6-7,11H,3,5,8-10,14H2,1-2H3. The van der Waals surface area contributed by atoms with Crippen molar-refractivity contribution in [2.24, 2.45) is 11.8 Å². The van der Waals surface area contributed by atoms with Crippen molar-refractivity contribution < 1.29 is 4.79 Å². The normalized spacial score (nSPS) is 15.1. The van der Waals surface area contributed by atoms with E-state index in [0.717, 1.165) is 19.3 Å². The molecule has 0 saturated carbocycles. The van der Waals surface area contributed by atoms with Crippen LogP contribution in [0, 0.1) is 5.92 Å². The van der Waals surface area contributed by atoms with Gasteiger partial charge in [0.1, 0.15) is 0 Å². The number of hydrogen-bond donors (Lipinski definition) is 1. The van der Waals surface area contributed by atoms with Crippen LogP contribution in [-0.2, 0) is 4.79 Å². The van der Waals surface area contributed by atoms with Crippen molar-refractivity contribution in [3.8, 4) is 0 Å². The van der Waals surface area contributed by atoms with Crippen molar-refractivity contribution in [3.63, 3.8) is 0 Å². The minimum absolute atomic E-state index is 0.0374. The van der Waals surface area contributed by atoms with Crippen LogP contribution in [0.5, 0.6) is 0 Å². The minimum Gasteiger partial charge on any atom is -0.280 e. The van der Waals surface area contributed by atoms with E-state index >= 15 is 0 Å². The molecule has 0 saturated heterocycles. The van der Waals surface area contributed by atoms with Crippen molar-refractivity contribution in [1.82, 2.24) is 5.01 Å². The highest BCUT2D eigenvalue weighted by Gasteiger charge is 2.11. The van der Waals surface area contributed by atoms with Gasteiger partial charge in [0.15, 0.2) is 0 Å². The van der Waals surface area contributed by atoms with E-state index < -0.39 is 0 Å². The van der Waals surface area contributed by atoms with Gasteiger partial charge >= 0.3 is 0 Å².